The maximum absolute atomic E-state index is 13.1. The van der Waals surface area contributed by atoms with Gasteiger partial charge in [-0.25, -0.2) is 9.13 Å². The van der Waals surface area contributed by atoms with Crippen molar-refractivity contribution in [3.05, 3.63) is 134 Å². The molecule has 0 aliphatic carbocycles. The number of allylic oxidation sites excluding steroid dienone is 22. The van der Waals surface area contributed by atoms with Crippen LogP contribution >= 0.6 is 15.6 Å². The van der Waals surface area contributed by atoms with Gasteiger partial charge in [-0.3, -0.25) is 37.3 Å². The molecule has 0 aliphatic heterocycles. The summed E-state index contributed by atoms with van der Waals surface area (Å²) in [6.07, 6.45) is 91.2. The molecular weight excluding hydrogens is 1400 g/mol. The third-order valence-electron chi connectivity index (χ3n) is 17.6. The largest absolute Gasteiger partial charge is 0.472 e. The maximum atomic E-state index is 13.1. The van der Waals surface area contributed by atoms with Gasteiger partial charge in [0.2, 0.25) is 0 Å². The Labute approximate surface area is 656 Å². The molecule has 0 spiro atoms. The number of aliphatic hydroxyl groups excluding tert-OH is 1. The number of aliphatic hydroxyl groups is 1. The van der Waals surface area contributed by atoms with Gasteiger partial charge in [0.05, 0.1) is 26.4 Å². The van der Waals surface area contributed by atoms with Gasteiger partial charge in [0.25, 0.3) is 0 Å². The fourth-order valence-corrected chi connectivity index (χ4v) is 12.8. The molecule has 5 atom stereocenters. The first-order valence-corrected chi connectivity index (χ1v) is 45.4. The lowest BCUT2D eigenvalue weighted by atomic mass is 10.0. The molecule has 0 radical (unpaired) electrons. The van der Waals surface area contributed by atoms with E-state index in [9.17, 15) is 43.2 Å². The number of rotatable bonds is 79. The van der Waals surface area contributed by atoms with Crippen LogP contribution < -0.4 is 0 Å². The monoisotopic (exact) mass is 1560 g/mol. The van der Waals surface area contributed by atoms with E-state index in [-0.39, 0.29) is 25.7 Å². The van der Waals surface area contributed by atoms with Gasteiger partial charge in [-0.1, -0.05) is 315 Å². The summed E-state index contributed by atoms with van der Waals surface area (Å²) in [7, 11) is -9.99. The second-order valence-electron chi connectivity index (χ2n) is 28.0. The molecule has 19 heteroatoms. The van der Waals surface area contributed by atoms with E-state index >= 15 is 0 Å². The summed E-state index contributed by atoms with van der Waals surface area (Å²) in [4.78, 5) is 73.2. The number of phosphoric ester groups is 2. The molecule has 108 heavy (non-hydrogen) atoms. The van der Waals surface area contributed by atoms with Crippen LogP contribution in [0.4, 0.5) is 0 Å². The molecule has 0 aliphatic rings. The summed E-state index contributed by atoms with van der Waals surface area (Å²) in [5.41, 5.74) is 0. The Morgan fingerprint density at radius 3 is 0.759 bits per heavy atom. The number of ether oxygens (including phenoxy) is 4. The first-order chi connectivity index (χ1) is 52.7. The SMILES string of the molecule is CC/C=C\C/C=C\C/C=C\C/C=C\CCCCCCC(=O)OCC(COP(=O)(O)OCC(O)COP(=O)(O)OCC(COC(=O)CCCCCCCC/C=C\C/C=C\C/C=C\CCCCC)OC(=O)CCCCCC/C=C\C/C=C\C/C=C\C/C=C\CC)OC(=O)CCCCCCCCCCCCCCCCC. The molecule has 5 unspecified atom stereocenters. The van der Waals surface area contributed by atoms with Crippen LogP contribution in [0.25, 0.3) is 0 Å². The highest BCUT2D eigenvalue weighted by atomic mass is 31.2. The standard InChI is InChI=1S/C89H152O17P2/c1-5-9-13-17-21-25-29-33-37-40-41-44-47-50-54-58-62-66-70-74-87(92)100-80-85(106-89(94)76-72-68-64-60-56-52-48-43-39-35-31-27-23-19-15-11-7-3)82-104-108(97,98)102-78-83(90)77-101-107(95,96)103-81-84(105-88(93)75-71-67-63-59-55-51-45-36-32-28-24-20-16-12-8-4)79-99-86(91)73-69-65-61-57-53-49-46-42-38-34-30-26-22-18-14-10-6-2/h10-11,14-15,21-23,25-27,33-35,37-39,41,44,46,48-49,52,83-85,90H,5-9,12-13,16-20,24,28-32,36,40,42-43,45,47,50-51,53-82H2,1-4H3,(H,95,96)(H,97,98)/b14-10-,15-11-,25-21-,26-22-,27-23-,37-33-,38-34-,39-35-,44-41-,49-46-,52-48-. The molecule has 0 heterocycles. The summed E-state index contributed by atoms with van der Waals surface area (Å²) in [6, 6.07) is 0. The molecule has 620 valence electrons. The molecule has 0 rings (SSSR count). The first-order valence-electron chi connectivity index (χ1n) is 42.4. The van der Waals surface area contributed by atoms with Crippen molar-refractivity contribution in [1.29, 1.82) is 0 Å². The molecule has 0 saturated heterocycles. The molecule has 0 saturated carbocycles. The first kappa shape index (κ1) is 103. The Morgan fingerprint density at radius 1 is 0.269 bits per heavy atom. The summed E-state index contributed by atoms with van der Waals surface area (Å²) in [6.45, 7) is 4.60. The van der Waals surface area contributed by atoms with Gasteiger partial charge in [0.1, 0.15) is 19.3 Å². The lowest BCUT2D eigenvalue weighted by molar-refractivity contribution is -0.161. The minimum Gasteiger partial charge on any atom is -0.462 e. The van der Waals surface area contributed by atoms with Crippen LogP contribution in [-0.2, 0) is 65.4 Å². The van der Waals surface area contributed by atoms with E-state index in [0.717, 1.165) is 186 Å². The summed E-state index contributed by atoms with van der Waals surface area (Å²) in [5.74, 6) is -2.23. The average Bonchev–Trinajstić information content (AvgIpc) is 0.906. The van der Waals surface area contributed by atoms with Gasteiger partial charge in [0, 0.05) is 25.7 Å². The zero-order valence-electron chi connectivity index (χ0n) is 68.0. The molecule has 3 N–H and O–H groups in total. The van der Waals surface area contributed by atoms with Gasteiger partial charge >= 0.3 is 39.5 Å². The van der Waals surface area contributed by atoms with Crippen LogP contribution in [0.3, 0.4) is 0 Å². The molecular formula is C89H152O17P2. The predicted octanol–water partition coefficient (Wildman–Crippen LogP) is 25.2. The van der Waals surface area contributed by atoms with Gasteiger partial charge in [-0.15, -0.1) is 0 Å². The zero-order valence-corrected chi connectivity index (χ0v) is 69.8. The molecule has 0 aromatic heterocycles. The van der Waals surface area contributed by atoms with E-state index in [4.69, 9.17) is 37.0 Å². The molecule has 17 nitrogen and oxygen atoms in total. The van der Waals surface area contributed by atoms with Crippen LogP contribution in [0.2, 0.25) is 0 Å². The number of esters is 4. The van der Waals surface area contributed by atoms with Crippen LogP contribution in [0, 0.1) is 0 Å². The van der Waals surface area contributed by atoms with Gasteiger partial charge < -0.3 is 33.8 Å². The van der Waals surface area contributed by atoms with E-state index in [1.807, 2.05) is 0 Å². The lowest BCUT2D eigenvalue weighted by Crippen LogP contribution is -2.30. The van der Waals surface area contributed by atoms with Gasteiger partial charge in [0.15, 0.2) is 12.2 Å². The Morgan fingerprint density at radius 2 is 0.481 bits per heavy atom. The minimum atomic E-state index is -5.00. The van der Waals surface area contributed by atoms with Crippen molar-refractivity contribution < 1.29 is 80.2 Å². The second-order valence-corrected chi connectivity index (χ2v) is 30.9. The van der Waals surface area contributed by atoms with Crippen molar-refractivity contribution in [1.82, 2.24) is 0 Å². The van der Waals surface area contributed by atoms with E-state index in [2.05, 4.69) is 161 Å². The van der Waals surface area contributed by atoms with Crippen LogP contribution in [-0.4, -0.2) is 96.7 Å². The van der Waals surface area contributed by atoms with E-state index in [1.165, 1.54) is 83.5 Å². The fraction of sp³-hybridized carbons (Fsp3) is 0.708. The van der Waals surface area contributed by atoms with Gasteiger partial charge in [-0.2, -0.15) is 0 Å². The summed E-state index contributed by atoms with van der Waals surface area (Å²) < 4.78 is 68.8. The van der Waals surface area contributed by atoms with Crippen molar-refractivity contribution in [3.63, 3.8) is 0 Å². The highest BCUT2D eigenvalue weighted by Gasteiger charge is 2.30. The third kappa shape index (κ3) is 79.3. The Balaban J connectivity index is 5.42. The smallest absolute Gasteiger partial charge is 0.462 e. The lowest BCUT2D eigenvalue weighted by Gasteiger charge is -2.21. The predicted molar refractivity (Wildman–Crippen MR) is 445 cm³/mol. The number of phosphoric acid groups is 2. The molecule has 0 aromatic rings. The van der Waals surface area contributed by atoms with Crippen molar-refractivity contribution in [2.75, 3.05) is 39.6 Å². The number of unbranched alkanes of at least 4 members (excludes halogenated alkanes) is 31. The van der Waals surface area contributed by atoms with E-state index in [1.54, 1.807) is 0 Å². The number of hydrogen-bond acceptors (Lipinski definition) is 15. The second kappa shape index (κ2) is 80.3. The van der Waals surface area contributed by atoms with Gasteiger partial charge in [-0.05, 0) is 141 Å². The molecule has 0 fully saturated rings. The molecule has 0 amide bonds. The normalized spacial score (nSPS) is 14.5. The quantitative estimate of drug-likeness (QED) is 0.0169. The van der Waals surface area contributed by atoms with Crippen LogP contribution in [0.5, 0.6) is 0 Å². The average molecular weight is 1560 g/mol. The Bertz CT molecular complexity index is 2560. The summed E-state index contributed by atoms with van der Waals surface area (Å²) >= 11 is 0. The molecule has 0 bridgehead atoms. The number of hydrogen-bond donors (Lipinski definition) is 3. The van der Waals surface area contributed by atoms with Crippen molar-refractivity contribution in [2.24, 2.45) is 0 Å². The van der Waals surface area contributed by atoms with Crippen LogP contribution in [0.15, 0.2) is 134 Å². The van der Waals surface area contributed by atoms with E-state index < -0.39 is 97.5 Å². The summed E-state index contributed by atoms with van der Waals surface area (Å²) in [5, 5.41) is 10.7. The minimum absolute atomic E-state index is 0.0610. The maximum Gasteiger partial charge on any atom is 0.472 e. The Hall–Kier alpha value is -4.80. The zero-order chi connectivity index (χ0) is 78.9. The van der Waals surface area contributed by atoms with Crippen molar-refractivity contribution in [3.8, 4) is 0 Å². The van der Waals surface area contributed by atoms with Crippen molar-refractivity contribution >= 4 is 39.5 Å². The molecule has 0 aromatic carbocycles. The van der Waals surface area contributed by atoms with E-state index in [0.29, 0.717) is 25.7 Å². The third-order valence-corrected chi connectivity index (χ3v) is 19.5. The number of carbonyl (C=O) groups excluding carboxylic acids is 4. The highest BCUT2D eigenvalue weighted by Crippen LogP contribution is 2.45. The van der Waals surface area contributed by atoms with Crippen LogP contribution in [0.1, 0.15) is 349 Å². The number of carbonyl (C=O) groups is 4. The highest BCUT2D eigenvalue weighted by molar-refractivity contribution is 7.47. The fourth-order valence-electron chi connectivity index (χ4n) is 11.2. The Kier molecular flexibility index (Phi) is 76.7. The van der Waals surface area contributed by atoms with Crippen molar-refractivity contribution in [2.45, 2.75) is 367 Å². The topological polar surface area (TPSA) is 237 Å².